The van der Waals surface area contributed by atoms with Crippen LogP contribution in [0.1, 0.15) is 164 Å². The van der Waals surface area contributed by atoms with Gasteiger partial charge >= 0.3 is 0 Å². The Morgan fingerprint density at radius 2 is 0.978 bits per heavy atom. The quantitative estimate of drug-likeness (QED) is 0.0349. The Morgan fingerprint density at radius 1 is 0.560 bits per heavy atom. The molecule has 0 spiro atoms. The fraction of sp³-hybridized carbons (Fsp3) is 0.444. The van der Waals surface area contributed by atoms with E-state index in [-0.39, 0.29) is 53.0 Å². The Balaban J connectivity index is 0.000000176. The highest BCUT2D eigenvalue weighted by atomic mass is 35.5. The van der Waals surface area contributed by atoms with Gasteiger partial charge in [0, 0.05) is 41.8 Å². The Kier molecular flexibility index (Phi) is 23.3. The number of nitrogens with zero attached hydrogens (tertiary/aromatic N) is 9. The van der Waals surface area contributed by atoms with E-state index in [1.54, 1.807) is 42.6 Å². The summed E-state index contributed by atoms with van der Waals surface area (Å²) < 4.78 is 0. The molecule has 0 aliphatic heterocycles. The van der Waals surface area contributed by atoms with Gasteiger partial charge in [-0.25, -0.2) is 15.0 Å². The van der Waals surface area contributed by atoms with E-state index in [0.717, 1.165) is 64.3 Å². The Morgan fingerprint density at radius 3 is 1.41 bits per heavy atom. The van der Waals surface area contributed by atoms with E-state index in [0.29, 0.717) is 91.9 Å². The van der Waals surface area contributed by atoms with Crippen molar-refractivity contribution in [3.63, 3.8) is 0 Å². The second kappa shape index (κ2) is 31.2. The molecule has 476 valence electrons. The molecular weight excluding hydrogens is 1160 g/mol. The molecule has 0 radical (unpaired) electrons. The third-order valence-corrected chi connectivity index (χ3v) is 19.2. The lowest BCUT2D eigenvalue weighted by atomic mass is 9.68. The molecule has 3 heterocycles. The van der Waals surface area contributed by atoms with E-state index >= 15 is 0 Å². The Bertz CT molecular complexity index is 3660. The van der Waals surface area contributed by atoms with Crippen LogP contribution in [0.25, 0.3) is 11.1 Å². The number of aromatic nitrogens is 6. The SMILES string of the molecule is C[C@H]1CC[C@@H](Nc2nc(NCC(=O)c3ccc(Cl)cc3)ncc2C#N)CC1(C)C.C[C@H]1CC[C@@H](Nc2nc(NCC(O)c3ccc(O)cc3)ncc2C#N)CC1(C)C.C[C@H]1CC[C@@H](Nc2nc(NCCc3ccc(-c4ccccc4)cc3)ncc2C#N)CC1(C)C. The van der Waals surface area contributed by atoms with Crippen LogP contribution in [-0.4, -0.2) is 83.7 Å². The van der Waals surface area contributed by atoms with Crippen molar-refractivity contribution < 1.29 is 15.0 Å². The molecule has 18 nitrogen and oxygen atoms in total. The molecule has 1 unspecified atom stereocenters. The molecule has 91 heavy (non-hydrogen) atoms. The number of aliphatic hydroxyl groups is 1. The first-order valence-electron chi connectivity index (χ1n) is 31.7. The molecule has 3 saturated carbocycles. The monoisotopic (exact) mass is 1250 g/mol. The molecule has 3 aliphatic carbocycles. The number of rotatable bonds is 19. The first kappa shape index (κ1) is 68.0. The molecule has 0 amide bonds. The largest absolute Gasteiger partial charge is 0.508 e. The number of nitriles is 3. The molecule has 4 aromatic carbocycles. The van der Waals surface area contributed by atoms with Crippen LogP contribution in [-0.2, 0) is 6.42 Å². The molecule has 8 N–H and O–H groups in total. The summed E-state index contributed by atoms with van der Waals surface area (Å²) in [5, 5.41) is 68.3. The van der Waals surface area contributed by atoms with Crippen LogP contribution in [0.5, 0.6) is 5.75 Å². The second-order valence-corrected chi connectivity index (χ2v) is 27.2. The maximum absolute atomic E-state index is 12.3. The first-order chi connectivity index (χ1) is 43.5. The minimum atomic E-state index is -0.771. The van der Waals surface area contributed by atoms with E-state index in [1.165, 1.54) is 47.6 Å². The number of hydrogen-bond acceptors (Lipinski definition) is 18. The lowest BCUT2D eigenvalue weighted by Gasteiger charge is -2.41. The summed E-state index contributed by atoms with van der Waals surface area (Å²) in [4.78, 5) is 38.6. The van der Waals surface area contributed by atoms with Gasteiger partial charge < -0.3 is 42.1 Å². The van der Waals surface area contributed by atoms with Crippen molar-refractivity contribution in [3.05, 3.63) is 160 Å². The number of hydrogen-bond donors (Lipinski definition) is 8. The van der Waals surface area contributed by atoms with Crippen molar-refractivity contribution in [1.29, 1.82) is 15.8 Å². The van der Waals surface area contributed by atoms with Crippen LogP contribution < -0.4 is 31.9 Å². The van der Waals surface area contributed by atoms with Gasteiger partial charge in [0.25, 0.3) is 0 Å². The number of halogens is 1. The Hall–Kier alpha value is -8.89. The highest BCUT2D eigenvalue weighted by molar-refractivity contribution is 6.30. The van der Waals surface area contributed by atoms with E-state index in [9.17, 15) is 30.8 Å². The third-order valence-electron chi connectivity index (χ3n) is 19.0. The van der Waals surface area contributed by atoms with Crippen LogP contribution in [0, 0.1) is 68.0 Å². The standard InChI is InChI=1S/C28H33N5.C22H26ClN5O.C22H29N5O2/c1-20-9-14-25(17-28(20,2)3)32-26-24(18-29)19-31-27(33-26)30-16-15-21-10-12-23(13-11-21)22-7-5-4-6-8-22;1-14-4-9-18(10-22(14,2)3)27-20-16(11-24)12-25-21(28-20)26-13-19(29)15-5-7-17(23)8-6-15;1-14-4-7-17(10-22(14,2)3)26-20-16(11-23)12-24-21(27-20)25-13-19(29)15-5-8-18(28)9-6-15/h4-8,10-13,19-20,25H,9,14-17H2,1-3H3,(H2,30,31,32,33);5-8,12,14,18H,4,9-10,13H2,1-3H3,(H2,25,26,27,28);5-6,8-9,12,14,17,19,28-29H,4,7,10,13H2,1-3H3,(H2,24,25,26,27)/t20-,25+;14-,18+;14-,17+,19?/m000/s1. The number of ketones is 1. The van der Waals surface area contributed by atoms with E-state index in [1.807, 2.05) is 6.07 Å². The molecule has 7 aromatic rings. The van der Waals surface area contributed by atoms with Gasteiger partial charge in [0.05, 0.1) is 31.2 Å². The molecular formula is C72H88ClN15O3. The average Bonchev–Trinajstić information content (AvgIpc) is 1.33. The molecule has 3 aromatic heterocycles. The number of phenols is 1. The number of benzene rings is 4. The molecule has 3 fully saturated rings. The van der Waals surface area contributed by atoms with Gasteiger partial charge in [-0.05, 0) is 157 Å². The highest BCUT2D eigenvalue weighted by Crippen LogP contribution is 2.44. The molecule has 3 aliphatic rings. The molecule has 7 atom stereocenters. The third kappa shape index (κ3) is 19.3. The number of nitrogens with one attached hydrogen (secondary N) is 6. The maximum Gasteiger partial charge on any atom is 0.225 e. The average molecular weight is 1250 g/mol. The van der Waals surface area contributed by atoms with Gasteiger partial charge in [0.1, 0.15) is 58.1 Å². The van der Waals surface area contributed by atoms with Crippen molar-refractivity contribution in [1.82, 2.24) is 29.9 Å². The lowest BCUT2D eigenvalue weighted by Crippen LogP contribution is -2.37. The normalized spacial score (nSPS) is 20.5. The van der Waals surface area contributed by atoms with Crippen LogP contribution in [0.15, 0.2) is 122 Å². The summed E-state index contributed by atoms with van der Waals surface area (Å²) in [7, 11) is 0. The molecule has 0 saturated heterocycles. The van der Waals surface area contributed by atoms with E-state index in [2.05, 4.69) is 191 Å². The summed E-state index contributed by atoms with van der Waals surface area (Å²) in [5.74, 6) is 5.00. The van der Waals surface area contributed by atoms with Crippen molar-refractivity contribution in [3.8, 4) is 35.1 Å². The second-order valence-electron chi connectivity index (χ2n) is 26.8. The lowest BCUT2D eigenvalue weighted by molar-refractivity contribution is 0.101. The van der Waals surface area contributed by atoms with Gasteiger partial charge in [-0.1, -0.05) is 141 Å². The van der Waals surface area contributed by atoms with Gasteiger partial charge in [0.15, 0.2) is 5.78 Å². The molecule has 10 rings (SSSR count). The number of aromatic hydroxyl groups is 1. The van der Waals surface area contributed by atoms with Gasteiger partial charge in [-0.15, -0.1) is 0 Å². The number of phenolic OH excluding ortho intramolecular Hbond substituents is 1. The van der Waals surface area contributed by atoms with Crippen molar-refractivity contribution in [2.75, 3.05) is 51.5 Å². The topological polar surface area (TPSA) is 278 Å². The van der Waals surface area contributed by atoms with Gasteiger partial charge in [-0.2, -0.15) is 30.7 Å². The summed E-state index contributed by atoms with van der Waals surface area (Å²) in [6.07, 6.45) is 14.5. The first-order valence-corrected chi connectivity index (χ1v) is 32.1. The fourth-order valence-corrected chi connectivity index (χ4v) is 12.1. The van der Waals surface area contributed by atoms with E-state index in [4.69, 9.17) is 11.6 Å². The van der Waals surface area contributed by atoms with Gasteiger partial charge in [0.2, 0.25) is 17.8 Å². The van der Waals surface area contributed by atoms with Crippen molar-refractivity contribution >= 4 is 52.7 Å². The zero-order valence-electron chi connectivity index (χ0n) is 54.0. The predicted molar refractivity (Wildman–Crippen MR) is 363 cm³/mol. The highest BCUT2D eigenvalue weighted by Gasteiger charge is 2.37. The number of Topliss-reactive ketones (excluding diaryl/α,β-unsaturated/α-hetero) is 1. The van der Waals surface area contributed by atoms with Crippen LogP contribution in [0.4, 0.5) is 35.3 Å². The predicted octanol–water partition coefficient (Wildman–Crippen LogP) is 15.0. The Labute approximate surface area is 542 Å². The summed E-state index contributed by atoms with van der Waals surface area (Å²) >= 11 is 5.86. The minimum absolute atomic E-state index is 0.0565. The molecule has 0 bridgehead atoms. The zero-order valence-corrected chi connectivity index (χ0v) is 54.7. The summed E-state index contributed by atoms with van der Waals surface area (Å²) in [6.45, 7) is 21.7. The van der Waals surface area contributed by atoms with Crippen molar-refractivity contribution in [2.45, 2.75) is 151 Å². The fourth-order valence-electron chi connectivity index (χ4n) is 12.0. The maximum atomic E-state index is 12.3. The van der Waals surface area contributed by atoms with Crippen LogP contribution >= 0.6 is 11.6 Å². The number of aliphatic hydroxyl groups excluding tert-OH is 1. The smallest absolute Gasteiger partial charge is 0.225 e. The summed E-state index contributed by atoms with van der Waals surface area (Å²) in [6, 6.07) is 39.6. The van der Waals surface area contributed by atoms with Crippen molar-refractivity contribution in [2.24, 2.45) is 34.0 Å². The number of carbonyl (C=O) groups excluding carboxylic acids is 1. The van der Waals surface area contributed by atoms with Crippen LogP contribution in [0.3, 0.4) is 0 Å². The number of anilines is 6. The van der Waals surface area contributed by atoms with Gasteiger partial charge in [-0.3, -0.25) is 4.79 Å². The summed E-state index contributed by atoms with van der Waals surface area (Å²) in [5.41, 5.74) is 7.01. The van der Waals surface area contributed by atoms with E-state index < -0.39 is 6.10 Å². The molecule has 19 heteroatoms. The minimum Gasteiger partial charge on any atom is -0.508 e. The zero-order chi connectivity index (χ0) is 65.3. The number of carbonyl (C=O) groups is 1. The van der Waals surface area contributed by atoms with Crippen LogP contribution in [0.2, 0.25) is 5.02 Å².